The van der Waals surface area contributed by atoms with Crippen molar-refractivity contribution in [2.45, 2.75) is 52.0 Å². The van der Waals surface area contributed by atoms with E-state index in [2.05, 4.69) is 4.90 Å². The van der Waals surface area contributed by atoms with Gasteiger partial charge in [-0.05, 0) is 52.2 Å². The van der Waals surface area contributed by atoms with E-state index in [1.165, 1.54) is 63.0 Å². The summed E-state index contributed by atoms with van der Waals surface area (Å²) >= 11 is 0. The highest BCUT2D eigenvalue weighted by atomic mass is 16.4. The molecular weight excluding hydrogens is 354 g/mol. The first-order chi connectivity index (χ1) is 12.7. The second-order valence-corrected chi connectivity index (χ2v) is 6.69. The maximum atomic E-state index is 12.0. The van der Waals surface area contributed by atoms with E-state index < -0.39 is 11.9 Å². The van der Waals surface area contributed by atoms with Gasteiger partial charge in [-0.25, -0.2) is 14.4 Å². The Morgan fingerprint density at radius 3 is 2.00 bits per heavy atom. The van der Waals surface area contributed by atoms with Crippen LogP contribution in [0.25, 0.3) is 0 Å². The van der Waals surface area contributed by atoms with Crippen molar-refractivity contribution in [3.63, 3.8) is 0 Å². The highest BCUT2D eigenvalue weighted by molar-refractivity contribution is 6.27. The number of rotatable bonds is 7. The molecule has 9 nitrogen and oxygen atoms in total. The van der Waals surface area contributed by atoms with Gasteiger partial charge in [0.25, 0.3) is 5.56 Å². The summed E-state index contributed by atoms with van der Waals surface area (Å²) < 4.78 is 2.89. The number of likely N-dealkylation sites (tertiary alicyclic amines) is 1. The molecule has 9 heteroatoms. The van der Waals surface area contributed by atoms with Crippen molar-refractivity contribution >= 4 is 11.9 Å². The smallest absolute Gasteiger partial charge is 0.414 e. The van der Waals surface area contributed by atoms with Crippen molar-refractivity contribution in [2.75, 3.05) is 19.6 Å². The molecule has 1 aliphatic rings. The van der Waals surface area contributed by atoms with Gasteiger partial charge in [0, 0.05) is 25.4 Å². The molecule has 0 radical (unpaired) electrons. The Morgan fingerprint density at radius 1 is 0.963 bits per heavy atom. The predicted octanol–water partition coefficient (Wildman–Crippen LogP) is 0.667. The number of carboxylic acids is 2. The van der Waals surface area contributed by atoms with E-state index in [0.717, 1.165) is 18.5 Å². The van der Waals surface area contributed by atoms with Crippen LogP contribution in [-0.2, 0) is 23.2 Å². The third-order valence-electron chi connectivity index (χ3n) is 4.59. The van der Waals surface area contributed by atoms with E-state index in [-0.39, 0.29) is 11.2 Å². The van der Waals surface area contributed by atoms with Gasteiger partial charge >= 0.3 is 17.6 Å². The normalized spacial score (nSPS) is 13.9. The number of hydrogen-bond acceptors (Lipinski definition) is 5. The minimum Gasteiger partial charge on any atom is -0.473 e. The predicted molar refractivity (Wildman–Crippen MR) is 100 cm³/mol. The van der Waals surface area contributed by atoms with Gasteiger partial charge in [0.2, 0.25) is 0 Å². The van der Waals surface area contributed by atoms with Crippen molar-refractivity contribution < 1.29 is 19.8 Å². The summed E-state index contributed by atoms with van der Waals surface area (Å²) in [6.07, 6.45) is 7.32. The Bertz CT molecular complexity index is 734. The van der Waals surface area contributed by atoms with Crippen LogP contribution in [0.1, 0.15) is 44.2 Å². The molecule has 2 rings (SSSR count). The van der Waals surface area contributed by atoms with E-state index >= 15 is 0 Å². The first-order valence-electron chi connectivity index (χ1n) is 9.20. The molecule has 0 aromatic carbocycles. The summed E-state index contributed by atoms with van der Waals surface area (Å²) in [6.45, 7) is 6.30. The Kier molecular flexibility index (Phi) is 9.49. The van der Waals surface area contributed by atoms with Crippen molar-refractivity contribution in [3.8, 4) is 0 Å². The van der Waals surface area contributed by atoms with E-state index in [1.807, 2.05) is 6.92 Å². The molecule has 1 saturated heterocycles. The Morgan fingerprint density at radius 2 is 1.48 bits per heavy atom. The Balaban J connectivity index is 0.000000527. The van der Waals surface area contributed by atoms with Gasteiger partial charge in [-0.1, -0.05) is 12.8 Å². The molecule has 0 aliphatic carbocycles. The summed E-state index contributed by atoms with van der Waals surface area (Å²) in [5.74, 6) is -3.65. The van der Waals surface area contributed by atoms with Crippen LogP contribution in [0.3, 0.4) is 0 Å². The molecule has 2 N–H and O–H groups in total. The highest BCUT2D eigenvalue weighted by Gasteiger charge is 2.10. The fraction of sp³-hybridized carbons (Fsp3) is 0.667. The van der Waals surface area contributed by atoms with Crippen molar-refractivity contribution in [3.05, 3.63) is 32.6 Å². The molecule has 0 amide bonds. The van der Waals surface area contributed by atoms with Gasteiger partial charge in [-0.2, -0.15) is 0 Å². The molecule has 2 heterocycles. The van der Waals surface area contributed by atoms with Crippen LogP contribution in [0.4, 0.5) is 0 Å². The second kappa shape index (κ2) is 11.3. The Labute approximate surface area is 157 Å². The SMILES string of the molecule is Cc1cc(=O)n(C)c(=O)n1CCCCCCN1CCCC1.O=C(O)C(=O)O. The van der Waals surface area contributed by atoms with Gasteiger partial charge in [0.1, 0.15) is 0 Å². The average molecular weight is 383 g/mol. The van der Waals surface area contributed by atoms with Gasteiger partial charge in [0.15, 0.2) is 0 Å². The minimum atomic E-state index is -1.82. The molecule has 1 aromatic rings. The summed E-state index contributed by atoms with van der Waals surface area (Å²) in [5.41, 5.74) is 0.344. The third kappa shape index (κ3) is 7.78. The average Bonchev–Trinajstić information content (AvgIpc) is 3.12. The van der Waals surface area contributed by atoms with Crippen LogP contribution in [0.5, 0.6) is 0 Å². The summed E-state index contributed by atoms with van der Waals surface area (Å²) in [4.78, 5) is 44.3. The maximum Gasteiger partial charge on any atom is 0.414 e. The lowest BCUT2D eigenvalue weighted by atomic mass is 10.2. The number of carbonyl (C=O) groups is 2. The molecule has 0 unspecified atom stereocenters. The highest BCUT2D eigenvalue weighted by Crippen LogP contribution is 2.10. The quantitative estimate of drug-likeness (QED) is 0.524. The topological polar surface area (TPSA) is 122 Å². The first-order valence-corrected chi connectivity index (χ1v) is 9.20. The van der Waals surface area contributed by atoms with Gasteiger partial charge in [-0.15, -0.1) is 0 Å². The summed E-state index contributed by atoms with van der Waals surface area (Å²) in [5, 5.41) is 14.8. The molecule has 1 aromatic heterocycles. The van der Waals surface area contributed by atoms with Gasteiger partial charge in [-0.3, -0.25) is 13.9 Å². The van der Waals surface area contributed by atoms with Crippen molar-refractivity contribution in [1.82, 2.24) is 14.0 Å². The number of carboxylic acid groups (broad SMARTS) is 2. The maximum absolute atomic E-state index is 12.0. The van der Waals surface area contributed by atoms with Crippen LogP contribution >= 0.6 is 0 Å². The zero-order valence-electron chi connectivity index (χ0n) is 16.0. The molecule has 0 saturated carbocycles. The third-order valence-corrected chi connectivity index (χ3v) is 4.59. The summed E-state index contributed by atoms with van der Waals surface area (Å²) in [7, 11) is 1.54. The molecule has 27 heavy (non-hydrogen) atoms. The number of nitrogens with zero attached hydrogens (tertiary/aromatic N) is 3. The molecule has 0 atom stereocenters. The first kappa shape index (κ1) is 22.6. The fourth-order valence-corrected chi connectivity index (χ4v) is 3.02. The van der Waals surface area contributed by atoms with Crippen LogP contribution in [0.15, 0.2) is 15.7 Å². The molecule has 152 valence electrons. The largest absolute Gasteiger partial charge is 0.473 e. The molecule has 1 aliphatic heterocycles. The molecule has 0 bridgehead atoms. The van der Waals surface area contributed by atoms with E-state index in [0.29, 0.717) is 6.54 Å². The van der Waals surface area contributed by atoms with Gasteiger partial charge in [0.05, 0.1) is 0 Å². The summed E-state index contributed by atoms with van der Waals surface area (Å²) in [6, 6.07) is 1.54. The van der Waals surface area contributed by atoms with Crippen LogP contribution < -0.4 is 11.2 Å². The standard InChI is InChI=1S/C16H27N3O2.C2H2O4/c1-14-13-15(20)17(2)16(21)19(14)12-6-4-3-5-9-18-10-7-8-11-18;3-1(4)2(5)6/h13H,3-12H2,1-2H3;(H,3,4)(H,5,6). The monoisotopic (exact) mass is 383 g/mol. The van der Waals surface area contributed by atoms with Crippen molar-refractivity contribution in [2.24, 2.45) is 7.05 Å². The van der Waals surface area contributed by atoms with Crippen LogP contribution in [0, 0.1) is 6.92 Å². The molecule has 1 fully saturated rings. The van der Waals surface area contributed by atoms with Crippen molar-refractivity contribution in [1.29, 1.82) is 0 Å². The lowest BCUT2D eigenvalue weighted by molar-refractivity contribution is -0.159. The Hall–Kier alpha value is -2.42. The molecule has 0 spiro atoms. The number of aromatic nitrogens is 2. The zero-order valence-corrected chi connectivity index (χ0v) is 16.0. The van der Waals surface area contributed by atoms with E-state index in [4.69, 9.17) is 19.8 Å². The van der Waals surface area contributed by atoms with Crippen LogP contribution in [-0.4, -0.2) is 55.8 Å². The number of aliphatic carboxylic acids is 2. The minimum absolute atomic E-state index is 0.197. The lowest BCUT2D eigenvalue weighted by Gasteiger charge is -2.14. The van der Waals surface area contributed by atoms with E-state index in [1.54, 1.807) is 4.57 Å². The van der Waals surface area contributed by atoms with Crippen LogP contribution in [0.2, 0.25) is 0 Å². The second-order valence-electron chi connectivity index (χ2n) is 6.69. The molecular formula is C18H29N3O6. The fourth-order valence-electron chi connectivity index (χ4n) is 3.02. The zero-order chi connectivity index (χ0) is 20.4. The lowest BCUT2D eigenvalue weighted by Crippen LogP contribution is -2.38. The number of unbranched alkanes of at least 4 members (excludes halogenated alkanes) is 3. The van der Waals surface area contributed by atoms with Gasteiger partial charge < -0.3 is 15.1 Å². The number of hydrogen-bond donors (Lipinski definition) is 2. The number of aryl methyl sites for hydroxylation is 1. The van der Waals surface area contributed by atoms with E-state index in [9.17, 15) is 9.59 Å².